The van der Waals surface area contributed by atoms with Gasteiger partial charge >= 0.3 is 0 Å². The average Bonchev–Trinajstić information content (AvgIpc) is 3.07. The molecule has 0 atom stereocenters. The molecule has 0 saturated carbocycles. The van der Waals surface area contributed by atoms with Crippen LogP contribution in [-0.2, 0) is 0 Å². The second-order valence-electron chi connectivity index (χ2n) is 5.16. The number of ether oxygens (including phenoxy) is 2. The molecule has 114 valence electrons. The van der Waals surface area contributed by atoms with Crippen LogP contribution in [0.5, 0.6) is 11.5 Å². The molecule has 1 N–H and O–H groups in total. The number of anilines is 1. The molecule has 23 heavy (non-hydrogen) atoms. The summed E-state index contributed by atoms with van der Waals surface area (Å²) in [6.07, 6.45) is 1.73. The summed E-state index contributed by atoms with van der Waals surface area (Å²) in [7, 11) is 0. The molecule has 0 radical (unpaired) electrons. The van der Waals surface area contributed by atoms with Gasteiger partial charge in [-0.05, 0) is 25.1 Å². The van der Waals surface area contributed by atoms with Gasteiger partial charge in [-0.1, -0.05) is 24.3 Å². The minimum Gasteiger partial charge on any atom is -0.454 e. The van der Waals surface area contributed by atoms with E-state index in [-0.39, 0.29) is 6.79 Å². The summed E-state index contributed by atoms with van der Waals surface area (Å²) in [4.78, 5) is 0. The number of hydrogen-bond donors (Lipinski definition) is 1. The van der Waals surface area contributed by atoms with E-state index in [9.17, 15) is 0 Å². The Morgan fingerprint density at radius 1 is 1.13 bits per heavy atom. The molecule has 1 aliphatic rings. The van der Waals surface area contributed by atoms with Crippen molar-refractivity contribution in [2.75, 3.05) is 12.2 Å². The van der Waals surface area contributed by atoms with E-state index in [1.54, 1.807) is 6.20 Å². The Hall–Kier alpha value is -3.15. The van der Waals surface area contributed by atoms with E-state index in [1.165, 1.54) is 0 Å². The topological polar surface area (TPSA) is 68.6 Å². The fourth-order valence-electron chi connectivity index (χ4n) is 2.43. The van der Waals surface area contributed by atoms with Crippen molar-refractivity contribution in [1.29, 1.82) is 0 Å². The summed E-state index contributed by atoms with van der Waals surface area (Å²) in [6.45, 7) is 2.18. The molecule has 0 aliphatic carbocycles. The predicted molar refractivity (Wildman–Crippen MR) is 87.9 cm³/mol. The third kappa shape index (κ3) is 2.55. The molecule has 0 unspecified atom stereocenters. The molecule has 6 heteroatoms. The quantitative estimate of drug-likeness (QED) is 0.594. The van der Waals surface area contributed by atoms with E-state index in [4.69, 9.17) is 9.47 Å². The first-order chi connectivity index (χ1) is 11.3. The van der Waals surface area contributed by atoms with Crippen LogP contribution in [0.2, 0.25) is 0 Å². The van der Waals surface area contributed by atoms with Gasteiger partial charge in [0.2, 0.25) is 6.79 Å². The van der Waals surface area contributed by atoms with Crippen molar-refractivity contribution in [3.05, 3.63) is 54.2 Å². The van der Waals surface area contributed by atoms with Crippen LogP contribution in [0.4, 0.5) is 5.82 Å². The van der Waals surface area contributed by atoms with E-state index in [0.717, 1.165) is 33.5 Å². The first-order valence-corrected chi connectivity index (χ1v) is 7.22. The van der Waals surface area contributed by atoms with Crippen LogP contribution in [-0.4, -0.2) is 22.7 Å². The van der Waals surface area contributed by atoms with Crippen molar-refractivity contribution in [1.82, 2.24) is 10.2 Å². The van der Waals surface area contributed by atoms with Gasteiger partial charge < -0.3 is 9.47 Å². The third-order valence-electron chi connectivity index (χ3n) is 3.69. The lowest BCUT2D eigenvalue weighted by Gasteiger charge is -2.06. The van der Waals surface area contributed by atoms with Crippen LogP contribution < -0.4 is 14.9 Å². The Labute approximate surface area is 132 Å². The lowest BCUT2D eigenvalue weighted by Crippen LogP contribution is -2.02. The van der Waals surface area contributed by atoms with Crippen molar-refractivity contribution in [2.24, 2.45) is 5.10 Å². The summed E-state index contributed by atoms with van der Waals surface area (Å²) in [5.41, 5.74) is 4.77. The van der Waals surface area contributed by atoms with Gasteiger partial charge in [-0.15, -0.1) is 5.10 Å². The van der Waals surface area contributed by atoms with Gasteiger partial charge in [0.25, 0.3) is 0 Å². The highest BCUT2D eigenvalue weighted by molar-refractivity contribution is 6.00. The highest BCUT2D eigenvalue weighted by atomic mass is 16.7. The standard InChI is InChI=1S/C17H14N4O2/c1-11(12-6-7-15-16(8-12)23-10-22-15)19-21-17-14-5-3-2-4-13(14)9-18-20-17/h2-9H,10H2,1H3,(H,20,21)/b19-11+. The molecule has 0 amide bonds. The van der Waals surface area contributed by atoms with Crippen LogP contribution in [0, 0.1) is 0 Å². The second-order valence-corrected chi connectivity index (χ2v) is 5.16. The maximum atomic E-state index is 5.39. The van der Waals surface area contributed by atoms with Gasteiger partial charge in [-0.25, -0.2) is 0 Å². The predicted octanol–water partition coefficient (Wildman–Crippen LogP) is 3.19. The zero-order chi connectivity index (χ0) is 15.6. The maximum Gasteiger partial charge on any atom is 0.231 e. The number of rotatable bonds is 3. The Bertz CT molecular complexity index is 903. The molecule has 6 nitrogen and oxygen atoms in total. The van der Waals surface area contributed by atoms with Crippen molar-refractivity contribution in [3.63, 3.8) is 0 Å². The average molecular weight is 306 g/mol. The molecule has 0 saturated heterocycles. The van der Waals surface area contributed by atoms with E-state index in [1.807, 2.05) is 49.4 Å². The molecular formula is C17H14N4O2. The number of aromatic nitrogens is 2. The Morgan fingerprint density at radius 3 is 2.96 bits per heavy atom. The third-order valence-corrected chi connectivity index (χ3v) is 3.69. The number of fused-ring (bicyclic) bond motifs is 2. The molecule has 0 fully saturated rings. The maximum absolute atomic E-state index is 5.39. The van der Waals surface area contributed by atoms with Gasteiger partial charge in [-0.2, -0.15) is 10.2 Å². The lowest BCUT2D eigenvalue weighted by atomic mass is 10.1. The summed E-state index contributed by atoms with van der Waals surface area (Å²) in [5, 5.41) is 14.5. The zero-order valence-electron chi connectivity index (χ0n) is 12.5. The number of benzene rings is 2. The van der Waals surface area contributed by atoms with E-state index in [0.29, 0.717) is 5.82 Å². The van der Waals surface area contributed by atoms with Crippen LogP contribution in [0.15, 0.2) is 53.8 Å². The van der Waals surface area contributed by atoms with Crippen molar-refractivity contribution in [3.8, 4) is 11.5 Å². The second kappa shape index (κ2) is 5.57. The lowest BCUT2D eigenvalue weighted by molar-refractivity contribution is 0.174. The van der Waals surface area contributed by atoms with E-state index >= 15 is 0 Å². The van der Waals surface area contributed by atoms with Crippen molar-refractivity contribution >= 4 is 22.3 Å². The summed E-state index contributed by atoms with van der Waals surface area (Å²) < 4.78 is 10.7. The number of hydrazone groups is 1. The van der Waals surface area contributed by atoms with Crippen molar-refractivity contribution in [2.45, 2.75) is 6.92 Å². The minimum atomic E-state index is 0.263. The van der Waals surface area contributed by atoms with Crippen LogP contribution >= 0.6 is 0 Å². The molecular weight excluding hydrogens is 292 g/mol. The summed E-state index contributed by atoms with van der Waals surface area (Å²) in [6, 6.07) is 13.6. The molecule has 2 aromatic carbocycles. The number of nitrogens with zero attached hydrogens (tertiary/aromatic N) is 3. The summed E-state index contributed by atoms with van der Waals surface area (Å²) in [5.74, 6) is 2.12. The molecule has 4 rings (SSSR count). The van der Waals surface area contributed by atoms with Gasteiger partial charge in [0, 0.05) is 16.3 Å². The fourth-order valence-corrected chi connectivity index (χ4v) is 2.43. The van der Waals surface area contributed by atoms with Crippen molar-refractivity contribution < 1.29 is 9.47 Å². The Morgan fingerprint density at radius 2 is 2.00 bits per heavy atom. The highest BCUT2D eigenvalue weighted by Crippen LogP contribution is 2.32. The van der Waals surface area contributed by atoms with E-state index < -0.39 is 0 Å². The highest BCUT2D eigenvalue weighted by Gasteiger charge is 2.14. The van der Waals surface area contributed by atoms with Gasteiger partial charge in [0.05, 0.1) is 11.9 Å². The van der Waals surface area contributed by atoms with Crippen LogP contribution in [0.25, 0.3) is 10.8 Å². The Balaban J connectivity index is 1.62. The molecule has 3 aromatic rings. The molecule has 1 aliphatic heterocycles. The van der Waals surface area contributed by atoms with Crippen LogP contribution in [0.1, 0.15) is 12.5 Å². The van der Waals surface area contributed by atoms with Gasteiger partial charge in [-0.3, -0.25) is 5.43 Å². The van der Waals surface area contributed by atoms with Crippen LogP contribution in [0.3, 0.4) is 0 Å². The number of hydrogen-bond acceptors (Lipinski definition) is 6. The van der Waals surface area contributed by atoms with Gasteiger partial charge in [0.15, 0.2) is 17.3 Å². The SMILES string of the molecule is C/C(=N\Nc1nncc2ccccc12)c1ccc2c(c1)OCO2. The first kappa shape index (κ1) is 13.5. The molecule has 2 heterocycles. The minimum absolute atomic E-state index is 0.263. The normalized spacial score (nSPS) is 13.3. The zero-order valence-corrected chi connectivity index (χ0v) is 12.5. The first-order valence-electron chi connectivity index (χ1n) is 7.22. The Kier molecular flexibility index (Phi) is 3.27. The molecule has 1 aromatic heterocycles. The number of nitrogens with one attached hydrogen (secondary N) is 1. The summed E-state index contributed by atoms with van der Waals surface area (Å²) >= 11 is 0. The van der Waals surface area contributed by atoms with E-state index in [2.05, 4.69) is 20.7 Å². The molecule has 0 bridgehead atoms. The smallest absolute Gasteiger partial charge is 0.231 e. The monoisotopic (exact) mass is 306 g/mol. The fraction of sp³-hybridized carbons (Fsp3) is 0.118. The van der Waals surface area contributed by atoms with Gasteiger partial charge in [0.1, 0.15) is 0 Å². The largest absolute Gasteiger partial charge is 0.454 e. The molecule has 0 spiro atoms.